The van der Waals surface area contributed by atoms with E-state index in [2.05, 4.69) is 23.3 Å². The third kappa shape index (κ3) is 4.20. The highest BCUT2D eigenvalue weighted by molar-refractivity contribution is 5.38. The van der Waals surface area contributed by atoms with E-state index < -0.39 is 0 Å². The lowest BCUT2D eigenvalue weighted by Gasteiger charge is -2.27. The molecule has 1 saturated carbocycles. The minimum absolute atomic E-state index is 0.551. The predicted octanol–water partition coefficient (Wildman–Crippen LogP) is 3.15. The number of hydrogen-bond donors (Lipinski definition) is 2. The van der Waals surface area contributed by atoms with Gasteiger partial charge < -0.3 is 11.1 Å². The van der Waals surface area contributed by atoms with Crippen LogP contribution in [0.3, 0.4) is 0 Å². The molecule has 0 aliphatic heterocycles. The molecule has 19 heavy (non-hydrogen) atoms. The van der Waals surface area contributed by atoms with Crippen molar-refractivity contribution in [3.63, 3.8) is 0 Å². The van der Waals surface area contributed by atoms with Crippen LogP contribution >= 0.6 is 0 Å². The zero-order valence-corrected chi connectivity index (χ0v) is 12.1. The second kappa shape index (κ2) is 7.49. The second-order valence-corrected chi connectivity index (χ2v) is 5.67. The summed E-state index contributed by atoms with van der Waals surface area (Å²) in [6, 6.07) is 4.65. The summed E-state index contributed by atoms with van der Waals surface area (Å²) >= 11 is 0. The largest absolute Gasteiger partial charge is 0.383 e. The lowest BCUT2D eigenvalue weighted by atomic mass is 9.88. The standard InChI is InChI=1S/C16H27N3/c1-2-18-15(13-8-5-3-4-6-9-13)12-14-10-7-11-19-16(14)17/h7,10-11,13,15,18H,2-6,8-9,12H2,1H3,(H2,17,19). The minimum atomic E-state index is 0.551. The Morgan fingerprint density at radius 2 is 2.05 bits per heavy atom. The van der Waals surface area contributed by atoms with E-state index in [-0.39, 0.29) is 0 Å². The average molecular weight is 261 g/mol. The van der Waals surface area contributed by atoms with Crippen molar-refractivity contribution in [1.29, 1.82) is 0 Å². The zero-order valence-electron chi connectivity index (χ0n) is 12.1. The van der Waals surface area contributed by atoms with Crippen molar-refractivity contribution in [1.82, 2.24) is 10.3 Å². The molecule has 3 heteroatoms. The van der Waals surface area contributed by atoms with Crippen LogP contribution in [-0.4, -0.2) is 17.6 Å². The molecule has 2 rings (SSSR count). The smallest absolute Gasteiger partial charge is 0.126 e. The molecule has 0 radical (unpaired) electrons. The van der Waals surface area contributed by atoms with Gasteiger partial charge in [0.2, 0.25) is 0 Å². The van der Waals surface area contributed by atoms with Crippen molar-refractivity contribution in [2.75, 3.05) is 12.3 Å². The number of pyridine rings is 1. The van der Waals surface area contributed by atoms with Crippen molar-refractivity contribution in [2.24, 2.45) is 5.92 Å². The van der Waals surface area contributed by atoms with Crippen LogP contribution in [0.25, 0.3) is 0 Å². The maximum absolute atomic E-state index is 5.99. The van der Waals surface area contributed by atoms with Gasteiger partial charge in [0.05, 0.1) is 0 Å². The van der Waals surface area contributed by atoms with E-state index in [4.69, 9.17) is 5.73 Å². The molecule has 1 aromatic heterocycles. The molecule has 1 fully saturated rings. The molecule has 0 bridgehead atoms. The van der Waals surface area contributed by atoms with Crippen molar-refractivity contribution in [3.8, 4) is 0 Å². The first-order chi connectivity index (χ1) is 9.31. The average Bonchev–Trinajstić information content (AvgIpc) is 2.69. The highest BCUT2D eigenvalue weighted by Crippen LogP contribution is 2.27. The first-order valence-electron chi connectivity index (χ1n) is 7.74. The van der Waals surface area contributed by atoms with E-state index in [0.29, 0.717) is 11.9 Å². The van der Waals surface area contributed by atoms with Crippen molar-refractivity contribution >= 4 is 5.82 Å². The molecule has 1 aliphatic carbocycles. The van der Waals surface area contributed by atoms with Crippen molar-refractivity contribution in [2.45, 2.75) is 57.9 Å². The third-order valence-corrected chi connectivity index (χ3v) is 4.30. The summed E-state index contributed by atoms with van der Waals surface area (Å²) in [5.74, 6) is 1.49. The molecular weight excluding hydrogens is 234 g/mol. The van der Waals surface area contributed by atoms with E-state index in [9.17, 15) is 0 Å². The van der Waals surface area contributed by atoms with Crippen LogP contribution in [0.2, 0.25) is 0 Å². The number of aromatic nitrogens is 1. The molecule has 3 nitrogen and oxygen atoms in total. The Bertz CT molecular complexity index is 370. The maximum Gasteiger partial charge on any atom is 0.126 e. The summed E-state index contributed by atoms with van der Waals surface area (Å²) in [6.45, 7) is 3.22. The van der Waals surface area contributed by atoms with E-state index in [1.807, 2.05) is 6.07 Å². The summed E-state index contributed by atoms with van der Waals surface area (Å²) in [5.41, 5.74) is 7.18. The van der Waals surface area contributed by atoms with Gasteiger partial charge in [-0.25, -0.2) is 4.98 Å². The number of nitrogens with zero attached hydrogens (tertiary/aromatic N) is 1. The van der Waals surface area contributed by atoms with Crippen LogP contribution in [0, 0.1) is 5.92 Å². The first-order valence-corrected chi connectivity index (χ1v) is 7.74. The van der Waals surface area contributed by atoms with Crippen molar-refractivity contribution in [3.05, 3.63) is 23.9 Å². The Balaban J connectivity index is 2.04. The summed E-state index contributed by atoms with van der Waals surface area (Å²) in [6.07, 6.45) is 11.1. The highest BCUT2D eigenvalue weighted by atomic mass is 14.9. The van der Waals surface area contributed by atoms with Crippen LogP contribution in [0.4, 0.5) is 5.82 Å². The minimum Gasteiger partial charge on any atom is -0.383 e. The fourth-order valence-corrected chi connectivity index (χ4v) is 3.24. The van der Waals surface area contributed by atoms with Crippen LogP contribution in [-0.2, 0) is 6.42 Å². The summed E-state index contributed by atoms with van der Waals surface area (Å²) in [5, 5.41) is 3.67. The van der Waals surface area contributed by atoms with Gasteiger partial charge in [0.15, 0.2) is 0 Å². The molecule has 1 aromatic rings. The fourth-order valence-electron chi connectivity index (χ4n) is 3.24. The molecule has 0 spiro atoms. The number of nitrogens with two attached hydrogens (primary N) is 1. The Morgan fingerprint density at radius 3 is 2.68 bits per heavy atom. The number of nitrogen functional groups attached to an aromatic ring is 1. The van der Waals surface area contributed by atoms with Gasteiger partial charge in [-0.1, -0.05) is 38.7 Å². The predicted molar refractivity (Wildman–Crippen MR) is 81.0 cm³/mol. The Hall–Kier alpha value is -1.09. The molecule has 1 heterocycles. The zero-order chi connectivity index (χ0) is 13.5. The summed E-state index contributed by atoms with van der Waals surface area (Å²) < 4.78 is 0. The summed E-state index contributed by atoms with van der Waals surface area (Å²) in [7, 11) is 0. The van der Waals surface area contributed by atoms with E-state index >= 15 is 0 Å². The van der Waals surface area contributed by atoms with Gasteiger partial charge in [0, 0.05) is 12.2 Å². The Morgan fingerprint density at radius 1 is 1.32 bits per heavy atom. The molecule has 1 unspecified atom stereocenters. The topological polar surface area (TPSA) is 50.9 Å². The fraction of sp³-hybridized carbons (Fsp3) is 0.688. The third-order valence-electron chi connectivity index (χ3n) is 4.30. The van der Waals surface area contributed by atoms with Crippen molar-refractivity contribution < 1.29 is 0 Å². The maximum atomic E-state index is 5.99. The highest BCUT2D eigenvalue weighted by Gasteiger charge is 2.22. The van der Waals surface area contributed by atoms with Gasteiger partial charge in [-0.15, -0.1) is 0 Å². The van der Waals surface area contributed by atoms with Crippen LogP contribution in [0.5, 0.6) is 0 Å². The van der Waals surface area contributed by atoms with Crippen LogP contribution in [0.1, 0.15) is 51.0 Å². The van der Waals surface area contributed by atoms with Gasteiger partial charge in [0.1, 0.15) is 5.82 Å². The van der Waals surface area contributed by atoms with E-state index in [1.165, 1.54) is 44.1 Å². The first kappa shape index (κ1) is 14.3. The quantitative estimate of drug-likeness (QED) is 0.801. The number of likely N-dealkylation sites (N-methyl/N-ethyl adjacent to an activating group) is 1. The molecule has 1 aliphatic rings. The number of rotatable bonds is 5. The van der Waals surface area contributed by atoms with Crippen LogP contribution < -0.4 is 11.1 Å². The van der Waals surface area contributed by atoms with Gasteiger partial charge in [0.25, 0.3) is 0 Å². The number of nitrogens with one attached hydrogen (secondary N) is 1. The SMILES string of the molecule is CCNC(Cc1cccnc1N)C1CCCCCC1. The molecule has 0 amide bonds. The van der Waals surface area contributed by atoms with E-state index in [1.54, 1.807) is 6.20 Å². The molecule has 0 saturated heterocycles. The summed E-state index contributed by atoms with van der Waals surface area (Å²) in [4.78, 5) is 4.21. The number of hydrogen-bond acceptors (Lipinski definition) is 3. The van der Waals surface area contributed by atoms with Gasteiger partial charge >= 0.3 is 0 Å². The lowest BCUT2D eigenvalue weighted by molar-refractivity contribution is 0.321. The monoisotopic (exact) mass is 261 g/mol. The van der Waals surface area contributed by atoms with Gasteiger partial charge in [-0.2, -0.15) is 0 Å². The number of anilines is 1. The van der Waals surface area contributed by atoms with Crippen LogP contribution in [0.15, 0.2) is 18.3 Å². The van der Waals surface area contributed by atoms with Gasteiger partial charge in [-0.3, -0.25) is 0 Å². The molecule has 0 aromatic carbocycles. The molecular formula is C16H27N3. The molecule has 1 atom stereocenters. The second-order valence-electron chi connectivity index (χ2n) is 5.67. The Kier molecular flexibility index (Phi) is 5.64. The Labute approximate surface area is 117 Å². The molecule has 3 N–H and O–H groups in total. The molecule has 106 valence electrons. The normalized spacial score (nSPS) is 19.0. The van der Waals surface area contributed by atoms with E-state index in [0.717, 1.165) is 18.9 Å². The lowest BCUT2D eigenvalue weighted by Crippen LogP contribution is -2.38. The van der Waals surface area contributed by atoms with Gasteiger partial charge in [-0.05, 0) is 43.4 Å².